The van der Waals surface area contributed by atoms with Crippen LogP contribution < -0.4 is 14.4 Å². The quantitative estimate of drug-likeness (QED) is 0.164. The third-order valence-electron chi connectivity index (χ3n) is 5.53. The topological polar surface area (TPSA) is 89.0 Å². The Labute approximate surface area is 212 Å². The second kappa shape index (κ2) is 10.9. The van der Waals surface area contributed by atoms with Crippen molar-refractivity contribution in [3.8, 4) is 11.5 Å². The first-order chi connectivity index (χ1) is 17.0. The maximum atomic E-state index is 13.2. The molecule has 1 fully saturated rings. The molecule has 1 aliphatic heterocycles. The second-order valence-corrected chi connectivity index (χ2v) is 9.14. The second-order valence-electron chi connectivity index (χ2n) is 7.83. The summed E-state index contributed by atoms with van der Waals surface area (Å²) in [6.07, 6.45) is 3.46. The zero-order chi connectivity index (χ0) is 24.9. The van der Waals surface area contributed by atoms with E-state index in [-0.39, 0.29) is 11.3 Å². The van der Waals surface area contributed by atoms with E-state index in [4.69, 9.17) is 21.1 Å². The van der Waals surface area contributed by atoms with E-state index in [0.717, 1.165) is 12.8 Å². The lowest BCUT2D eigenvalue weighted by molar-refractivity contribution is -0.132. The van der Waals surface area contributed by atoms with Crippen LogP contribution in [0.2, 0.25) is 5.02 Å². The fourth-order valence-corrected chi connectivity index (χ4v) is 4.65. The molecule has 182 valence electrons. The number of unbranched alkanes of at least 4 members (excludes halogenated alkanes) is 1. The number of ketones is 1. The van der Waals surface area contributed by atoms with E-state index in [1.165, 1.54) is 16.2 Å². The Hall–Kier alpha value is -3.36. The van der Waals surface area contributed by atoms with Gasteiger partial charge in [0.1, 0.15) is 5.76 Å². The maximum Gasteiger partial charge on any atom is 0.301 e. The minimum atomic E-state index is -0.902. The number of aromatic nitrogens is 1. The molecule has 2 aromatic carbocycles. The standard InChI is InChI=1S/C26H25ClN2O5S/c1-3-5-13-34-19-11-8-17(15-20(19)33-4-2)22-21(23(30)16-6-9-18(27)10-7-16)24(31)25(32)29(22)26-28-12-14-35-26/h6-12,14-15,22,30H,3-5,13H2,1-2H3. The molecule has 1 amide bonds. The number of ether oxygens (including phenoxy) is 2. The fraction of sp³-hybridized carbons (Fsp3) is 0.269. The Morgan fingerprint density at radius 2 is 1.89 bits per heavy atom. The number of hydrogen-bond donors (Lipinski definition) is 1. The van der Waals surface area contributed by atoms with Crippen molar-refractivity contribution in [2.45, 2.75) is 32.7 Å². The summed E-state index contributed by atoms with van der Waals surface area (Å²) < 4.78 is 11.7. The molecule has 0 aliphatic carbocycles. The van der Waals surface area contributed by atoms with E-state index in [1.807, 2.05) is 6.92 Å². The molecular formula is C26H25ClN2O5S. The zero-order valence-corrected chi connectivity index (χ0v) is 20.9. The van der Waals surface area contributed by atoms with Crippen molar-refractivity contribution >= 4 is 45.5 Å². The van der Waals surface area contributed by atoms with Gasteiger partial charge in [-0.25, -0.2) is 4.98 Å². The van der Waals surface area contributed by atoms with E-state index in [9.17, 15) is 14.7 Å². The molecule has 1 atom stereocenters. The van der Waals surface area contributed by atoms with Gasteiger partial charge >= 0.3 is 5.91 Å². The number of thiazole rings is 1. The monoisotopic (exact) mass is 512 g/mol. The fourth-order valence-electron chi connectivity index (χ4n) is 3.85. The first-order valence-corrected chi connectivity index (χ1v) is 12.6. The van der Waals surface area contributed by atoms with Crippen LogP contribution >= 0.6 is 22.9 Å². The van der Waals surface area contributed by atoms with Crippen molar-refractivity contribution in [1.82, 2.24) is 4.98 Å². The molecule has 7 nitrogen and oxygen atoms in total. The molecule has 4 rings (SSSR count). The summed E-state index contributed by atoms with van der Waals surface area (Å²) in [6, 6.07) is 10.8. The number of nitrogens with zero attached hydrogens (tertiary/aromatic N) is 2. The molecule has 3 aromatic rings. The lowest BCUT2D eigenvalue weighted by Gasteiger charge is -2.24. The van der Waals surface area contributed by atoms with Gasteiger partial charge in [-0.2, -0.15) is 0 Å². The molecule has 1 unspecified atom stereocenters. The number of hydrogen-bond acceptors (Lipinski definition) is 7. The number of halogens is 1. The molecule has 2 heterocycles. The Balaban J connectivity index is 1.86. The number of amides is 1. The number of benzene rings is 2. The molecule has 9 heteroatoms. The summed E-state index contributed by atoms with van der Waals surface area (Å²) in [5, 5.41) is 13.7. The first-order valence-electron chi connectivity index (χ1n) is 11.3. The predicted molar refractivity (Wildman–Crippen MR) is 136 cm³/mol. The van der Waals surface area contributed by atoms with Crippen LogP contribution in [0.15, 0.2) is 59.6 Å². The lowest BCUT2D eigenvalue weighted by atomic mass is 9.95. The summed E-state index contributed by atoms with van der Waals surface area (Å²) >= 11 is 7.22. The number of aliphatic hydroxyl groups excluding tert-OH is 1. The highest BCUT2D eigenvalue weighted by atomic mass is 35.5. The third kappa shape index (κ3) is 5.04. The van der Waals surface area contributed by atoms with Crippen LogP contribution in [0.4, 0.5) is 5.13 Å². The average Bonchev–Trinajstić information content (AvgIpc) is 3.47. The van der Waals surface area contributed by atoms with Crippen LogP contribution in [0.25, 0.3) is 5.76 Å². The lowest BCUT2D eigenvalue weighted by Crippen LogP contribution is -2.29. The van der Waals surface area contributed by atoms with Gasteiger partial charge in [-0.15, -0.1) is 11.3 Å². The van der Waals surface area contributed by atoms with E-state index in [2.05, 4.69) is 11.9 Å². The van der Waals surface area contributed by atoms with Gasteiger partial charge in [0.25, 0.3) is 5.78 Å². The van der Waals surface area contributed by atoms with Crippen molar-refractivity contribution in [3.63, 3.8) is 0 Å². The van der Waals surface area contributed by atoms with Gasteiger partial charge in [-0.3, -0.25) is 14.5 Å². The van der Waals surface area contributed by atoms with E-state index < -0.39 is 17.7 Å². The number of aliphatic hydroxyl groups is 1. The molecule has 35 heavy (non-hydrogen) atoms. The highest BCUT2D eigenvalue weighted by Gasteiger charge is 2.48. The molecule has 0 saturated carbocycles. The normalized spacial score (nSPS) is 17.1. The molecule has 1 aromatic heterocycles. The molecule has 0 radical (unpaired) electrons. The predicted octanol–water partition coefficient (Wildman–Crippen LogP) is 6.00. The van der Waals surface area contributed by atoms with E-state index >= 15 is 0 Å². The van der Waals surface area contributed by atoms with Crippen molar-refractivity contribution in [2.24, 2.45) is 0 Å². The summed E-state index contributed by atoms with van der Waals surface area (Å²) in [5.41, 5.74) is 0.928. The molecule has 1 N–H and O–H groups in total. The third-order valence-corrected chi connectivity index (χ3v) is 6.55. The maximum absolute atomic E-state index is 13.2. The minimum Gasteiger partial charge on any atom is -0.507 e. The molecule has 0 spiro atoms. The summed E-state index contributed by atoms with van der Waals surface area (Å²) in [7, 11) is 0. The van der Waals surface area contributed by atoms with Crippen molar-refractivity contribution in [2.75, 3.05) is 18.1 Å². The Kier molecular flexibility index (Phi) is 7.73. The highest BCUT2D eigenvalue weighted by Crippen LogP contribution is 2.44. The van der Waals surface area contributed by atoms with Crippen LogP contribution in [0.3, 0.4) is 0 Å². The van der Waals surface area contributed by atoms with E-state index in [1.54, 1.807) is 54.0 Å². The SMILES string of the molecule is CCCCOc1ccc(C2C(=C(O)c3ccc(Cl)cc3)C(=O)C(=O)N2c2nccs2)cc1OCC. The number of carbonyl (C=O) groups excluding carboxylic acids is 2. The smallest absolute Gasteiger partial charge is 0.301 e. The number of rotatable bonds is 9. The Morgan fingerprint density at radius 3 is 2.54 bits per heavy atom. The average molecular weight is 513 g/mol. The largest absolute Gasteiger partial charge is 0.507 e. The Morgan fingerprint density at radius 1 is 1.11 bits per heavy atom. The Bertz CT molecular complexity index is 1240. The van der Waals surface area contributed by atoms with Gasteiger partial charge in [-0.05, 0) is 55.3 Å². The number of anilines is 1. The molecule has 0 bridgehead atoms. The van der Waals surface area contributed by atoms with Crippen LogP contribution in [0, 0.1) is 0 Å². The van der Waals surface area contributed by atoms with Crippen LogP contribution in [-0.2, 0) is 9.59 Å². The number of carbonyl (C=O) groups is 2. The van der Waals surface area contributed by atoms with Gasteiger partial charge in [0, 0.05) is 22.2 Å². The van der Waals surface area contributed by atoms with Crippen molar-refractivity contribution in [1.29, 1.82) is 0 Å². The number of Topliss-reactive ketones (excluding diaryl/α,β-unsaturated/α-hetero) is 1. The first kappa shape index (κ1) is 24.8. The van der Waals surface area contributed by atoms with Crippen LogP contribution in [0.5, 0.6) is 11.5 Å². The van der Waals surface area contributed by atoms with Crippen LogP contribution in [0.1, 0.15) is 43.9 Å². The van der Waals surface area contributed by atoms with Gasteiger partial charge in [0.05, 0.1) is 24.8 Å². The van der Waals surface area contributed by atoms with Gasteiger partial charge in [0.15, 0.2) is 16.6 Å². The molecule has 1 aliphatic rings. The van der Waals surface area contributed by atoms with Gasteiger partial charge in [0.2, 0.25) is 0 Å². The minimum absolute atomic E-state index is 0.0328. The summed E-state index contributed by atoms with van der Waals surface area (Å²) in [4.78, 5) is 31.9. The van der Waals surface area contributed by atoms with E-state index in [0.29, 0.717) is 46.0 Å². The van der Waals surface area contributed by atoms with Gasteiger partial charge in [-0.1, -0.05) is 31.0 Å². The highest BCUT2D eigenvalue weighted by molar-refractivity contribution is 7.14. The zero-order valence-electron chi connectivity index (χ0n) is 19.4. The summed E-state index contributed by atoms with van der Waals surface area (Å²) in [6.45, 7) is 4.90. The van der Waals surface area contributed by atoms with Crippen molar-refractivity contribution < 1.29 is 24.2 Å². The molecular weight excluding hydrogens is 488 g/mol. The molecule has 1 saturated heterocycles. The van der Waals surface area contributed by atoms with Gasteiger partial charge < -0.3 is 14.6 Å². The summed E-state index contributed by atoms with van der Waals surface area (Å²) in [5.74, 6) is -0.767. The van der Waals surface area contributed by atoms with Crippen LogP contribution in [-0.4, -0.2) is 35.0 Å². The van der Waals surface area contributed by atoms with Crippen molar-refractivity contribution in [3.05, 3.63) is 75.8 Å².